The van der Waals surface area contributed by atoms with Crippen molar-refractivity contribution in [2.45, 2.75) is 25.8 Å². The minimum atomic E-state index is -0.397. The third kappa shape index (κ3) is 6.47. The molecular formula is C20H25NO4. The molecule has 0 amide bonds. The van der Waals surface area contributed by atoms with Gasteiger partial charge in [-0.15, -0.1) is 0 Å². The highest BCUT2D eigenvalue weighted by Gasteiger charge is 2.06. The Hall–Kier alpha value is -2.53. The highest BCUT2D eigenvalue weighted by molar-refractivity contribution is 5.70. The van der Waals surface area contributed by atoms with Crippen molar-refractivity contribution < 1.29 is 19.4 Å². The fourth-order valence-electron chi connectivity index (χ4n) is 2.52. The van der Waals surface area contributed by atoms with Crippen LogP contribution < -0.4 is 10.1 Å². The summed E-state index contributed by atoms with van der Waals surface area (Å²) in [5.74, 6) is 0.597. The van der Waals surface area contributed by atoms with Gasteiger partial charge in [-0.3, -0.25) is 0 Å². The summed E-state index contributed by atoms with van der Waals surface area (Å²) in [5.41, 5.74) is 2.14. The molecule has 134 valence electrons. The van der Waals surface area contributed by atoms with Crippen molar-refractivity contribution in [3.8, 4) is 11.5 Å². The van der Waals surface area contributed by atoms with Crippen molar-refractivity contribution in [1.29, 1.82) is 0 Å². The summed E-state index contributed by atoms with van der Waals surface area (Å²) in [6, 6.07) is 15.4. The zero-order valence-corrected chi connectivity index (χ0v) is 14.7. The zero-order chi connectivity index (χ0) is 18.1. The molecule has 0 aliphatic rings. The van der Waals surface area contributed by atoms with E-state index in [9.17, 15) is 9.90 Å². The maximum Gasteiger partial charge on any atom is 0.343 e. The van der Waals surface area contributed by atoms with Gasteiger partial charge < -0.3 is 19.9 Å². The molecule has 0 saturated heterocycles. The number of nitrogens with one attached hydrogen (secondary N) is 1. The molecule has 0 fully saturated rings. The lowest BCUT2D eigenvalue weighted by atomic mass is 10.1. The lowest BCUT2D eigenvalue weighted by molar-refractivity contribution is -0.142. The van der Waals surface area contributed by atoms with Crippen LogP contribution in [-0.2, 0) is 22.4 Å². The Kier molecular flexibility index (Phi) is 7.29. The van der Waals surface area contributed by atoms with Gasteiger partial charge in [0.05, 0.1) is 7.11 Å². The minimum absolute atomic E-state index is 0.0832. The molecule has 0 saturated carbocycles. The molecule has 0 aromatic heterocycles. The van der Waals surface area contributed by atoms with Crippen molar-refractivity contribution >= 4 is 5.97 Å². The number of hydrogen-bond donors (Lipinski definition) is 2. The van der Waals surface area contributed by atoms with Gasteiger partial charge in [-0.2, -0.15) is 0 Å². The third-order valence-electron chi connectivity index (χ3n) is 3.93. The summed E-state index contributed by atoms with van der Waals surface area (Å²) in [6.45, 7) is 2.85. The topological polar surface area (TPSA) is 67.8 Å². The van der Waals surface area contributed by atoms with Gasteiger partial charge in [0.25, 0.3) is 0 Å². The molecule has 1 atom stereocenters. The average Bonchev–Trinajstić information content (AvgIpc) is 2.62. The van der Waals surface area contributed by atoms with Crippen LogP contribution in [0.3, 0.4) is 0 Å². The summed E-state index contributed by atoms with van der Waals surface area (Å²) in [5, 5.41) is 13.2. The number of esters is 1. The zero-order valence-electron chi connectivity index (χ0n) is 14.7. The van der Waals surface area contributed by atoms with Gasteiger partial charge in [0.1, 0.15) is 11.5 Å². The SMILES string of the molecule is COC(=O)COc1ccc(CC(C)NCCc2ccccc2O)cc1. The van der Waals surface area contributed by atoms with E-state index in [0.717, 1.165) is 24.9 Å². The summed E-state index contributed by atoms with van der Waals surface area (Å²) >= 11 is 0. The molecule has 5 heteroatoms. The van der Waals surface area contributed by atoms with Crippen LogP contribution >= 0.6 is 0 Å². The van der Waals surface area contributed by atoms with Gasteiger partial charge in [0.2, 0.25) is 0 Å². The van der Waals surface area contributed by atoms with Crippen LogP contribution in [0.2, 0.25) is 0 Å². The largest absolute Gasteiger partial charge is 0.508 e. The first-order chi connectivity index (χ1) is 12.1. The first-order valence-corrected chi connectivity index (χ1v) is 8.37. The molecule has 0 radical (unpaired) electrons. The first-order valence-electron chi connectivity index (χ1n) is 8.37. The predicted octanol–water partition coefficient (Wildman–Crippen LogP) is 2.71. The normalized spacial score (nSPS) is 11.8. The van der Waals surface area contributed by atoms with E-state index in [4.69, 9.17) is 4.74 Å². The van der Waals surface area contributed by atoms with Crippen molar-refractivity contribution in [3.05, 3.63) is 59.7 Å². The van der Waals surface area contributed by atoms with Crippen LogP contribution in [0.15, 0.2) is 48.5 Å². The second-order valence-corrected chi connectivity index (χ2v) is 5.95. The van der Waals surface area contributed by atoms with Crippen molar-refractivity contribution in [2.75, 3.05) is 20.3 Å². The van der Waals surface area contributed by atoms with E-state index in [1.807, 2.05) is 42.5 Å². The molecule has 0 aliphatic carbocycles. The Morgan fingerprint density at radius 1 is 1.16 bits per heavy atom. The summed E-state index contributed by atoms with van der Waals surface area (Å²) in [4.78, 5) is 11.1. The molecule has 0 aliphatic heterocycles. The maximum atomic E-state index is 11.1. The van der Waals surface area contributed by atoms with Gasteiger partial charge >= 0.3 is 5.97 Å². The first kappa shape index (κ1) is 18.8. The quantitative estimate of drug-likeness (QED) is 0.685. The molecule has 5 nitrogen and oxygen atoms in total. The average molecular weight is 343 g/mol. The summed E-state index contributed by atoms with van der Waals surface area (Å²) in [7, 11) is 1.34. The Bertz CT molecular complexity index is 670. The predicted molar refractivity (Wildman–Crippen MR) is 96.9 cm³/mol. The number of phenolic OH excluding ortho intramolecular Hbond substituents is 1. The number of hydrogen-bond acceptors (Lipinski definition) is 5. The van der Waals surface area contributed by atoms with E-state index >= 15 is 0 Å². The molecule has 2 aromatic rings. The van der Waals surface area contributed by atoms with Gasteiger partial charge in [0.15, 0.2) is 6.61 Å². The Morgan fingerprint density at radius 2 is 1.88 bits per heavy atom. The van der Waals surface area contributed by atoms with Gasteiger partial charge in [-0.25, -0.2) is 4.79 Å². The molecule has 2 rings (SSSR count). The second kappa shape index (κ2) is 9.69. The van der Waals surface area contributed by atoms with E-state index < -0.39 is 5.97 Å². The molecule has 1 unspecified atom stereocenters. The molecule has 2 aromatic carbocycles. The van der Waals surface area contributed by atoms with Crippen LogP contribution in [-0.4, -0.2) is 37.4 Å². The van der Waals surface area contributed by atoms with Gasteiger partial charge in [0, 0.05) is 6.04 Å². The van der Waals surface area contributed by atoms with Crippen LogP contribution in [0.1, 0.15) is 18.1 Å². The Balaban J connectivity index is 1.73. The fraction of sp³-hybridized carbons (Fsp3) is 0.350. The lowest BCUT2D eigenvalue weighted by Crippen LogP contribution is -2.30. The van der Waals surface area contributed by atoms with Crippen LogP contribution in [0.25, 0.3) is 0 Å². The third-order valence-corrected chi connectivity index (χ3v) is 3.93. The smallest absolute Gasteiger partial charge is 0.343 e. The van der Waals surface area contributed by atoms with Gasteiger partial charge in [-0.05, 0) is 55.6 Å². The van der Waals surface area contributed by atoms with Crippen molar-refractivity contribution in [3.63, 3.8) is 0 Å². The number of methoxy groups -OCH3 is 1. The number of rotatable bonds is 9. The minimum Gasteiger partial charge on any atom is -0.508 e. The number of phenols is 1. The Morgan fingerprint density at radius 3 is 2.56 bits per heavy atom. The van der Waals surface area contributed by atoms with E-state index in [2.05, 4.69) is 17.0 Å². The molecule has 0 spiro atoms. The maximum absolute atomic E-state index is 11.1. The van der Waals surface area contributed by atoms with Crippen LogP contribution in [0.5, 0.6) is 11.5 Å². The van der Waals surface area contributed by atoms with Crippen molar-refractivity contribution in [1.82, 2.24) is 5.32 Å². The van der Waals surface area contributed by atoms with Gasteiger partial charge in [-0.1, -0.05) is 30.3 Å². The molecule has 0 bridgehead atoms. The van der Waals surface area contributed by atoms with E-state index in [1.165, 1.54) is 12.7 Å². The van der Waals surface area contributed by atoms with Crippen LogP contribution in [0, 0.1) is 0 Å². The number of carbonyl (C=O) groups excluding carboxylic acids is 1. The molecular weight excluding hydrogens is 318 g/mol. The molecule has 2 N–H and O–H groups in total. The van der Waals surface area contributed by atoms with E-state index in [0.29, 0.717) is 17.5 Å². The monoisotopic (exact) mass is 343 g/mol. The summed E-state index contributed by atoms with van der Waals surface area (Å²) < 4.78 is 9.87. The number of ether oxygens (including phenoxy) is 2. The highest BCUT2D eigenvalue weighted by Crippen LogP contribution is 2.16. The number of aromatic hydroxyl groups is 1. The number of para-hydroxylation sites is 1. The van der Waals surface area contributed by atoms with Crippen molar-refractivity contribution in [2.24, 2.45) is 0 Å². The Labute approximate surface area is 148 Å². The van der Waals surface area contributed by atoms with E-state index in [-0.39, 0.29) is 6.61 Å². The fourth-order valence-corrected chi connectivity index (χ4v) is 2.52. The molecule has 0 heterocycles. The number of benzene rings is 2. The number of carbonyl (C=O) groups is 1. The highest BCUT2D eigenvalue weighted by atomic mass is 16.6. The van der Waals surface area contributed by atoms with Crippen LogP contribution in [0.4, 0.5) is 0 Å². The van der Waals surface area contributed by atoms with E-state index in [1.54, 1.807) is 6.07 Å². The molecule has 25 heavy (non-hydrogen) atoms. The standard InChI is InChI=1S/C20H25NO4/c1-15(21-12-11-17-5-3-4-6-19(17)22)13-16-7-9-18(10-8-16)25-14-20(23)24-2/h3-10,15,21-22H,11-14H2,1-2H3. The second-order valence-electron chi connectivity index (χ2n) is 5.95. The summed E-state index contributed by atoms with van der Waals surface area (Å²) in [6.07, 6.45) is 1.68. The lowest BCUT2D eigenvalue weighted by Gasteiger charge is -2.14.